The topological polar surface area (TPSA) is 76.8 Å². The molecule has 1 aromatic carbocycles. The van der Waals surface area contributed by atoms with Gasteiger partial charge in [0, 0.05) is 11.4 Å². The van der Waals surface area contributed by atoms with E-state index in [9.17, 15) is 4.79 Å². The van der Waals surface area contributed by atoms with Crippen LogP contribution in [0.3, 0.4) is 0 Å². The van der Waals surface area contributed by atoms with Crippen LogP contribution < -0.4 is 4.90 Å². The van der Waals surface area contributed by atoms with E-state index in [1.54, 1.807) is 11.0 Å². The van der Waals surface area contributed by atoms with Gasteiger partial charge >= 0.3 is 0 Å². The lowest BCUT2D eigenvalue weighted by molar-refractivity contribution is -0.118. The molecule has 0 N–H and O–H groups in total. The summed E-state index contributed by atoms with van der Waals surface area (Å²) in [4.78, 5) is 19.1. The van der Waals surface area contributed by atoms with Gasteiger partial charge in [-0.15, -0.1) is 16.4 Å². The molecule has 8 heteroatoms. The Hall–Kier alpha value is -2.61. The molecule has 0 unspecified atom stereocenters. The minimum absolute atomic E-state index is 0.0991. The number of aromatic nitrogens is 5. The first-order valence-electron chi connectivity index (χ1n) is 7.77. The van der Waals surface area contributed by atoms with Crippen LogP contribution in [0.5, 0.6) is 0 Å². The van der Waals surface area contributed by atoms with Crippen LogP contribution >= 0.6 is 11.3 Å². The molecule has 1 saturated carbocycles. The van der Waals surface area contributed by atoms with Gasteiger partial charge in [-0.2, -0.15) is 0 Å². The van der Waals surface area contributed by atoms with Crippen LogP contribution in [0.25, 0.3) is 5.69 Å². The van der Waals surface area contributed by atoms with E-state index in [-0.39, 0.29) is 5.91 Å². The summed E-state index contributed by atoms with van der Waals surface area (Å²) >= 11 is 1.53. The van der Waals surface area contributed by atoms with E-state index in [0.29, 0.717) is 12.5 Å². The minimum Gasteiger partial charge on any atom is -0.285 e. The van der Waals surface area contributed by atoms with E-state index in [1.807, 2.05) is 41.5 Å². The normalized spacial score (nSPS) is 13.9. The first kappa shape index (κ1) is 14.9. The lowest BCUT2D eigenvalue weighted by Crippen LogP contribution is -2.34. The number of hydrogen-bond acceptors (Lipinski definition) is 6. The number of tetrazole rings is 1. The summed E-state index contributed by atoms with van der Waals surface area (Å²) in [5.74, 6) is 0.0991. The van der Waals surface area contributed by atoms with Crippen molar-refractivity contribution in [1.29, 1.82) is 0 Å². The van der Waals surface area contributed by atoms with Crippen molar-refractivity contribution in [3.05, 3.63) is 47.2 Å². The number of nitrogens with zero attached hydrogens (tertiary/aromatic N) is 6. The molecular weight excluding hydrogens is 324 g/mol. The first-order chi connectivity index (χ1) is 11.7. The number of anilines is 1. The maximum atomic E-state index is 12.8. The van der Waals surface area contributed by atoms with Crippen LogP contribution in [-0.4, -0.2) is 37.1 Å². The molecule has 7 nitrogen and oxygen atoms in total. The second-order valence-corrected chi connectivity index (χ2v) is 6.70. The third-order valence-corrected chi connectivity index (χ3v) is 4.86. The molecule has 1 aliphatic rings. The molecule has 0 atom stereocenters. The van der Waals surface area contributed by atoms with Gasteiger partial charge in [0.1, 0.15) is 6.33 Å². The second kappa shape index (κ2) is 6.12. The minimum atomic E-state index is 0.0991. The van der Waals surface area contributed by atoms with Crippen molar-refractivity contribution in [1.82, 2.24) is 25.2 Å². The fourth-order valence-corrected chi connectivity index (χ4v) is 3.45. The van der Waals surface area contributed by atoms with Crippen LogP contribution in [0.15, 0.2) is 36.0 Å². The summed E-state index contributed by atoms with van der Waals surface area (Å²) in [6, 6.07) is 8.01. The fraction of sp³-hybridized carbons (Fsp3) is 0.312. The largest absolute Gasteiger partial charge is 0.285 e. The van der Waals surface area contributed by atoms with Crippen LogP contribution in [0.4, 0.5) is 5.13 Å². The summed E-state index contributed by atoms with van der Waals surface area (Å²) in [7, 11) is 0. The molecule has 2 heterocycles. The molecule has 0 saturated heterocycles. The highest BCUT2D eigenvalue weighted by Gasteiger charge is 2.35. The maximum Gasteiger partial charge on any atom is 0.233 e. The maximum absolute atomic E-state index is 12.8. The highest BCUT2D eigenvalue weighted by molar-refractivity contribution is 7.14. The Morgan fingerprint density at radius 1 is 1.33 bits per heavy atom. The second-order valence-electron chi connectivity index (χ2n) is 5.86. The predicted molar refractivity (Wildman–Crippen MR) is 90.2 cm³/mol. The lowest BCUT2D eigenvalue weighted by atomic mass is 10.1. The number of thiazole rings is 1. The first-order valence-corrected chi connectivity index (χ1v) is 8.65. The molecule has 0 radical (unpaired) electrons. The summed E-state index contributed by atoms with van der Waals surface area (Å²) in [6.07, 6.45) is 4.02. The number of hydrogen-bond donors (Lipinski definition) is 0. The molecule has 122 valence electrons. The standard InChI is InChI=1S/C16H16N6OS/c1-11-9-24-16(18-11)22(14-6-7-14)15(23)8-12-2-4-13(5-3-12)21-10-17-19-20-21/h2-5,9-10,14H,6-8H2,1H3. The van der Waals surface area contributed by atoms with Crippen molar-refractivity contribution in [2.75, 3.05) is 4.90 Å². The van der Waals surface area contributed by atoms with Crippen molar-refractivity contribution < 1.29 is 4.79 Å². The molecule has 24 heavy (non-hydrogen) atoms. The third kappa shape index (κ3) is 3.05. The number of benzene rings is 1. The van der Waals surface area contributed by atoms with Crippen molar-refractivity contribution in [2.45, 2.75) is 32.2 Å². The smallest absolute Gasteiger partial charge is 0.233 e. The zero-order valence-corrected chi connectivity index (χ0v) is 14.0. The average molecular weight is 340 g/mol. The molecule has 2 aromatic heterocycles. The number of carbonyl (C=O) groups excluding carboxylic acids is 1. The molecule has 1 aliphatic carbocycles. The van der Waals surface area contributed by atoms with Crippen molar-refractivity contribution >= 4 is 22.4 Å². The van der Waals surface area contributed by atoms with Crippen LogP contribution in [-0.2, 0) is 11.2 Å². The fourth-order valence-electron chi connectivity index (χ4n) is 2.56. The van der Waals surface area contributed by atoms with Crippen molar-refractivity contribution in [3.63, 3.8) is 0 Å². The van der Waals surface area contributed by atoms with Gasteiger partial charge in [-0.25, -0.2) is 9.67 Å². The zero-order chi connectivity index (χ0) is 16.5. The Labute approximate surface area is 142 Å². The number of carbonyl (C=O) groups is 1. The van der Waals surface area contributed by atoms with Gasteiger partial charge in [0.15, 0.2) is 5.13 Å². The number of aryl methyl sites for hydroxylation is 1. The summed E-state index contributed by atoms with van der Waals surface area (Å²) < 4.78 is 1.58. The zero-order valence-electron chi connectivity index (χ0n) is 13.2. The van der Waals surface area contributed by atoms with Gasteiger partial charge in [0.25, 0.3) is 0 Å². The summed E-state index contributed by atoms with van der Waals surface area (Å²) in [5, 5.41) is 13.9. The van der Waals surface area contributed by atoms with E-state index in [4.69, 9.17) is 0 Å². The molecule has 1 fully saturated rings. The van der Waals surface area contributed by atoms with Crippen LogP contribution in [0.2, 0.25) is 0 Å². The molecule has 0 aliphatic heterocycles. The van der Waals surface area contributed by atoms with E-state index in [2.05, 4.69) is 20.5 Å². The predicted octanol–water partition coefficient (Wildman–Crippen LogP) is 2.17. The molecule has 0 bridgehead atoms. The van der Waals surface area contributed by atoms with Gasteiger partial charge in [0.2, 0.25) is 5.91 Å². The van der Waals surface area contributed by atoms with Gasteiger partial charge < -0.3 is 0 Å². The van der Waals surface area contributed by atoms with Crippen LogP contribution in [0.1, 0.15) is 24.1 Å². The molecular formula is C16H16N6OS. The van der Waals surface area contributed by atoms with Gasteiger partial charge in [-0.05, 0) is 47.9 Å². The van der Waals surface area contributed by atoms with Gasteiger partial charge in [-0.1, -0.05) is 12.1 Å². The molecule has 4 rings (SSSR count). The number of amides is 1. The monoisotopic (exact) mass is 340 g/mol. The van der Waals surface area contributed by atoms with E-state index < -0.39 is 0 Å². The van der Waals surface area contributed by atoms with Crippen molar-refractivity contribution in [2.24, 2.45) is 0 Å². The Bertz CT molecular complexity index is 838. The summed E-state index contributed by atoms with van der Waals surface area (Å²) in [5.41, 5.74) is 2.79. The van der Waals surface area contributed by atoms with E-state index in [1.165, 1.54) is 11.3 Å². The highest BCUT2D eigenvalue weighted by atomic mass is 32.1. The molecule has 0 spiro atoms. The Morgan fingerprint density at radius 2 is 2.12 bits per heavy atom. The Morgan fingerprint density at radius 3 is 2.71 bits per heavy atom. The van der Waals surface area contributed by atoms with Crippen LogP contribution in [0, 0.1) is 6.92 Å². The summed E-state index contributed by atoms with van der Waals surface area (Å²) in [6.45, 7) is 1.95. The SMILES string of the molecule is Cc1csc(N(C(=O)Cc2ccc(-n3cnnn3)cc2)C2CC2)n1. The Kier molecular flexibility index (Phi) is 3.81. The quantitative estimate of drug-likeness (QED) is 0.711. The molecule has 1 amide bonds. The lowest BCUT2D eigenvalue weighted by Gasteiger charge is -2.19. The molecule has 3 aromatic rings. The van der Waals surface area contributed by atoms with E-state index in [0.717, 1.165) is 34.9 Å². The van der Waals surface area contributed by atoms with E-state index >= 15 is 0 Å². The highest BCUT2D eigenvalue weighted by Crippen LogP contribution is 2.34. The number of rotatable bonds is 5. The Balaban J connectivity index is 1.50. The van der Waals surface area contributed by atoms with Crippen molar-refractivity contribution in [3.8, 4) is 5.69 Å². The third-order valence-electron chi connectivity index (χ3n) is 3.90. The van der Waals surface area contributed by atoms with Gasteiger partial charge in [0.05, 0.1) is 17.8 Å². The average Bonchev–Trinajstić information content (AvgIpc) is 3.08. The van der Waals surface area contributed by atoms with Gasteiger partial charge in [-0.3, -0.25) is 9.69 Å².